The van der Waals surface area contributed by atoms with Crippen molar-refractivity contribution in [2.24, 2.45) is 5.92 Å². The minimum Gasteiger partial charge on any atom is -0.345 e. The second-order valence-electron chi connectivity index (χ2n) is 9.26. The number of anilines is 1. The molecule has 9 nitrogen and oxygen atoms in total. The summed E-state index contributed by atoms with van der Waals surface area (Å²) in [5, 5.41) is 7.17. The molecule has 0 aliphatic carbocycles. The molecule has 1 aliphatic rings. The molecule has 40 heavy (non-hydrogen) atoms. The quantitative estimate of drug-likeness (QED) is 0.245. The van der Waals surface area contributed by atoms with E-state index in [1.807, 2.05) is 13.8 Å². The van der Waals surface area contributed by atoms with Crippen LogP contribution in [0.4, 0.5) is 18.9 Å². The summed E-state index contributed by atoms with van der Waals surface area (Å²) in [6, 6.07) is 2.68. The first-order chi connectivity index (χ1) is 18.8. The van der Waals surface area contributed by atoms with Crippen molar-refractivity contribution in [1.82, 2.24) is 15.5 Å². The van der Waals surface area contributed by atoms with E-state index >= 15 is 0 Å². The van der Waals surface area contributed by atoms with Crippen molar-refractivity contribution in [2.45, 2.75) is 78.9 Å². The second-order valence-corrected chi connectivity index (χ2v) is 9.26. The zero-order chi connectivity index (χ0) is 30.5. The van der Waals surface area contributed by atoms with Crippen LogP contribution in [0, 0.1) is 5.92 Å². The molecular weight excluding hydrogens is 529 g/mol. The number of carbonyl (C=O) groups is 5. The topological polar surface area (TPSA) is 125 Å². The van der Waals surface area contributed by atoms with Gasteiger partial charge in [-0.15, -0.1) is 0 Å². The van der Waals surface area contributed by atoms with Gasteiger partial charge in [-0.25, -0.2) is 0 Å². The van der Waals surface area contributed by atoms with Crippen molar-refractivity contribution in [2.75, 3.05) is 18.4 Å². The first-order valence-electron chi connectivity index (χ1n) is 13.4. The van der Waals surface area contributed by atoms with E-state index in [2.05, 4.69) is 16.0 Å². The smallest absolute Gasteiger partial charge is 0.345 e. The van der Waals surface area contributed by atoms with Gasteiger partial charge in [-0.3, -0.25) is 28.9 Å². The van der Waals surface area contributed by atoms with Crippen LogP contribution in [0.5, 0.6) is 0 Å². The molecule has 1 aromatic carbocycles. The van der Waals surface area contributed by atoms with Gasteiger partial charge in [-0.05, 0) is 42.9 Å². The second kappa shape index (κ2) is 16.4. The molecule has 12 heteroatoms. The van der Waals surface area contributed by atoms with Gasteiger partial charge in [-0.2, -0.15) is 13.2 Å². The fourth-order valence-corrected chi connectivity index (χ4v) is 3.79. The molecule has 0 saturated carbocycles. The maximum atomic E-state index is 13.4. The number of hydrogen-bond acceptors (Lipinski definition) is 5. The van der Waals surface area contributed by atoms with E-state index in [-0.39, 0.29) is 36.6 Å². The van der Waals surface area contributed by atoms with Crippen LogP contribution in [0.1, 0.15) is 71.4 Å². The van der Waals surface area contributed by atoms with Crippen LogP contribution >= 0.6 is 0 Å². The summed E-state index contributed by atoms with van der Waals surface area (Å²) in [4.78, 5) is 61.4. The number of alkyl halides is 3. The standard InChI is InChI=1S/C26H33F3N4O5.C2H6/c1-4-17-9-10-19(18(14-17)26(27,28)29)31-21(35)15-30-25(38)24(16(2)3)32-20(34)8-6-5-7-13-33-22(36)11-12-23(33)37;1-2/h9-12,14,16,24H,4-8,13,15H2,1-3H3,(H,30,38)(H,31,35)(H,32,34);1-2H3. The number of aryl methyl sites for hydroxylation is 1. The minimum atomic E-state index is -4.66. The average Bonchev–Trinajstić information content (AvgIpc) is 3.23. The zero-order valence-electron chi connectivity index (χ0n) is 23.6. The largest absolute Gasteiger partial charge is 0.418 e. The summed E-state index contributed by atoms with van der Waals surface area (Å²) in [5.74, 6) is -2.90. The van der Waals surface area contributed by atoms with Crippen LogP contribution < -0.4 is 16.0 Å². The molecule has 0 bridgehead atoms. The highest BCUT2D eigenvalue weighted by Crippen LogP contribution is 2.35. The van der Waals surface area contributed by atoms with Gasteiger partial charge < -0.3 is 16.0 Å². The first-order valence-corrected chi connectivity index (χ1v) is 13.4. The molecule has 0 fully saturated rings. The highest BCUT2D eigenvalue weighted by molar-refractivity contribution is 6.12. The van der Waals surface area contributed by atoms with Gasteiger partial charge in [0.05, 0.1) is 17.8 Å². The van der Waals surface area contributed by atoms with Crippen molar-refractivity contribution < 1.29 is 37.1 Å². The summed E-state index contributed by atoms with van der Waals surface area (Å²) in [7, 11) is 0. The number of halogens is 3. The summed E-state index contributed by atoms with van der Waals surface area (Å²) in [6.45, 7) is 8.81. The third-order valence-electron chi connectivity index (χ3n) is 5.95. The van der Waals surface area contributed by atoms with Crippen molar-refractivity contribution in [3.05, 3.63) is 41.5 Å². The van der Waals surface area contributed by atoms with Gasteiger partial charge in [-0.1, -0.05) is 47.1 Å². The lowest BCUT2D eigenvalue weighted by molar-refractivity contribution is -0.138. The summed E-state index contributed by atoms with van der Waals surface area (Å²) in [5.41, 5.74) is -0.912. The molecular formula is C28H39F3N4O5. The molecule has 5 amide bonds. The lowest BCUT2D eigenvalue weighted by Gasteiger charge is -2.22. The third kappa shape index (κ3) is 10.8. The Morgan fingerprint density at radius 1 is 0.950 bits per heavy atom. The molecule has 0 saturated heterocycles. The number of nitrogens with one attached hydrogen (secondary N) is 3. The van der Waals surface area contributed by atoms with E-state index in [9.17, 15) is 37.1 Å². The molecule has 1 atom stereocenters. The highest BCUT2D eigenvalue weighted by Gasteiger charge is 2.34. The highest BCUT2D eigenvalue weighted by atomic mass is 19.4. The molecule has 0 spiro atoms. The van der Waals surface area contributed by atoms with E-state index < -0.39 is 41.8 Å². The lowest BCUT2D eigenvalue weighted by Crippen LogP contribution is -2.51. The van der Waals surface area contributed by atoms with E-state index in [1.165, 1.54) is 24.3 Å². The van der Waals surface area contributed by atoms with E-state index in [1.54, 1.807) is 20.8 Å². The Labute approximate surface area is 232 Å². The molecule has 1 unspecified atom stereocenters. The molecule has 1 heterocycles. The lowest BCUT2D eigenvalue weighted by atomic mass is 10.0. The number of unbranched alkanes of at least 4 members (excludes halogenated alkanes) is 2. The zero-order valence-corrected chi connectivity index (χ0v) is 23.6. The number of rotatable bonds is 13. The van der Waals surface area contributed by atoms with Gasteiger partial charge in [0.1, 0.15) is 6.04 Å². The number of nitrogens with zero attached hydrogens (tertiary/aromatic N) is 1. The van der Waals surface area contributed by atoms with E-state index in [0.717, 1.165) is 11.0 Å². The van der Waals surface area contributed by atoms with Crippen LogP contribution in [-0.2, 0) is 36.6 Å². The molecule has 1 aromatic rings. The fraction of sp³-hybridized carbons (Fsp3) is 0.536. The summed E-state index contributed by atoms with van der Waals surface area (Å²) < 4.78 is 40.2. The van der Waals surface area contributed by atoms with Crippen LogP contribution in [0.15, 0.2) is 30.4 Å². The Kier molecular flexibility index (Phi) is 14.1. The van der Waals surface area contributed by atoms with Crippen LogP contribution in [-0.4, -0.2) is 53.6 Å². The Hall–Kier alpha value is -3.70. The van der Waals surface area contributed by atoms with Crippen molar-refractivity contribution in [3.8, 4) is 0 Å². The molecule has 3 N–H and O–H groups in total. The number of hydrogen-bond donors (Lipinski definition) is 3. The number of benzene rings is 1. The van der Waals surface area contributed by atoms with Crippen LogP contribution in [0.3, 0.4) is 0 Å². The molecule has 2 rings (SSSR count). The first kappa shape index (κ1) is 34.3. The van der Waals surface area contributed by atoms with Crippen LogP contribution in [0.2, 0.25) is 0 Å². The Morgan fingerprint density at radius 2 is 1.57 bits per heavy atom. The molecule has 222 valence electrons. The fourth-order valence-electron chi connectivity index (χ4n) is 3.79. The normalized spacial score (nSPS) is 13.6. The number of carbonyl (C=O) groups excluding carboxylic acids is 5. The third-order valence-corrected chi connectivity index (χ3v) is 5.95. The van der Waals surface area contributed by atoms with Gasteiger partial charge >= 0.3 is 6.18 Å². The van der Waals surface area contributed by atoms with Gasteiger partial charge in [0.2, 0.25) is 17.7 Å². The molecule has 0 aromatic heterocycles. The van der Waals surface area contributed by atoms with Gasteiger partial charge in [0.25, 0.3) is 11.8 Å². The maximum absolute atomic E-state index is 13.4. The van der Waals surface area contributed by atoms with Gasteiger partial charge in [0, 0.05) is 25.1 Å². The van der Waals surface area contributed by atoms with Crippen molar-refractivity contribution in [3.63, 3.8) is 0 Å². The van der Waals surface area contributed by atoms with Crippen LogP contribution in [0.25, 0.3) is 0 Å². The monoisotopic (exact) mass is 568 g/mol. The Bertz CT molecular complexity index is 1070. The van der Waals surface area contributed by atoms with Crippen molar-refractivity contribution in [1.29, 1.82) is 0 Å². The van der Waals surface area contributed by atoms with Gasteiger partial charge in [0.15, 0.2) is 0 Å². The summed E-state index contributed by atoms with van der Waals surface area (Å²) >= 11 is 0. The Balaban J connectivity index is 0.00000391. The number of amides is 5. The predicted molar refractivity (Wildman–Crippen MR) is 145 cm³/mol. The van der Waals surface area contributed by atoms with E-state index in [4.69, 9.17) is 0 Å². The maximum Gasteiger partial charge on any atom is 0.418 e. The minimum absolute atomic E-state index is 0.116. The average molecular weight is 569 g/mol. The number of imide groups is 1. The predicted octanol–water partition coefficient (Wildman–Crippen LogP) is 3.97. The Morgan fingerprint density at radius 3 is 2.12 bits per heavy atom. The van der Waals surface area contributed by atoms with Crippen molar-refractivity contribution >= 4 is 35.2 Å². The SMILES string of the molecule is CC.CCc1ccc(NC(=O)CNC(=O)C(NC(=O)CCCCCN2C(=O)C=CC2=O)C(C)C)c(C(F)(F)F)c1. The molecule has 1 aliphatic heterocycles. The van der Waals surface area contributed by atoms with E-state index in [0.29, 0.717) is 31.2 Å². The summed E-state index contributed by atoms with van der Waals surface area (Å²) in [6.07, 6.45) is -0.138. The molecule has 0 radical (unpaired) electrons.